The Morgan fingerprint density at radius 1 is 1.17 bits per heavy atom. The van der Waals surface area contributed by atoms with E-state index in [0.29, 0.717) is 15.9 Å². The van der Waals surface area contributed by atoms with Gasteiger partial charge in [-0.3, -0.25) is 9.36 Å². The van der Waals surface area contributed by atoms with E-state index in [9.17, 15) is 9.59 Å². The zero-order valence-electron chi connectivity index (χ0n) is 10.2. The molecule has 0 unspecified atom stereocenters. The van der Waals surface area contributed by atoms with Gasteiger partial charge in [-0.05, 0) is 32.9 Å². The quantitative estimate of drug-likeness (QED) is 0.810. The minimum absolute atomic E-state index is 0.257. The maximum atomic E-state index is 12.3. The van der Waals surface area contributed by atoms with Crippen LogP contribution in [0.4, 0.5) is 0 Å². The van der Waals surface area contributed by atoms with E-state index in [-0.39, 0.29) is 5.02 Å². The fourth-order valence-corrected chi connectivity index (χ4v) is 2.39. The largest absolute Gasteiger partial charge is 0.329 e. The number of benzene rings is 1. The Labute approximate surface area is 113 Å². The van der Waals surface area contributed by atoms with E-state index in [4.69, 9.17) is 23.2 Å². The SMILES string of the molecule is CC(C)(C)n1c(=O)[nH]c2c(Cl)cc(Cl)cc2c1=O. The first-order valence-corrected chi connectivity index (χ1v) is 6.12. The van der Waals surface area contributed by atoms with E-state index >= 15 is 0 Å². The average molecular weight is 287 g/mol. The lowest BCUT2D eigenvalue weighted by atomic mass is 10.1. The third-order valence-electron chi connectivity index (χ3n) is 2.59. The van der Waals surface area contributed by atoms with Gasteiger partial charge < -0.3 is 4.98 Å². The van der Waals surface area contributed by atoms with Crippen LogP contribution in [0.25, 0.3) is 10.9 Å². The molecule has 0 radical (unpaired) electrons. The van der Waals surface area contributed by atoms with Gasteiger partial charge in [-0.1, -0.05) is 23.2 Å². The zero-order chi connectivity index (χ0) is 13.7. The molecule has 0 fully saturated rings. The molecule has 2 aromatic rings. The Morgan fingerprint density at radius 3 is 2.33 bits per heavy atom. The molecule has 0 spiro atoms. The van der Waals surface area contributed by atoms with Gasteiger partial charge in [-0.15, -0.1) is 0 Å². The van der Waals surface area contributed by atoms with Crippen LogP contribution in [-0.4, -0.2) is 9.55 Å². The normalized spacial score (nSPS) is 12.1. The topological polar surface area (TPSA) is 54.9 Å². The van der Waals surface area contributed by atoms with E-state index in [0.717, 1.165) is 4.57 Å². The Hall–Kier alpha value is -1.26. The molecule has 1 aromatic carbocycles. The zero-order valence-corrected chi connectivity index (χ0v) is 11.7. The molecule has 0 saturated heterocycles. The van der Waals surface area contributed by atoms with Crippen molar-refractivity contribution in [3.8, 4) is 0 Å². The summed E-state index contributed by atoms with van der Waals surface area (Å²) in [5.41, 5.74) is -1.18. The van der Waals surface area contributed by atoms with Crippen molar-refractivity contribution in [3.05, 3.63) is 43.0 Å². The highest BCUT2D eigenvalue weighted by Crippen LogP contribution is 2.24. The van der Waals surface area contributed by atoms with Crippen molar-refractivity contribution in [1.29, 1.82) is 0 Å². The van der Waals surface area contributed by atoms with Gasteiger partial charge in [0.25, 0.3) is 5.56 Å². The molecular weight excluding hydrogens is 275 g/mol. The number of aromatic nitrogens is 2. The standard InChI is InChI=1S/C12H12Cl2N2O2/c1-12(2,3)16-10(17)7-4-6(13)5-8(14)9(7)15-11(16)18/h4-5H,1-3H3,(H,15,18). The number of hydrogen-bond acceptors (Lipinski definition) is 2. The highest BCUT2D eigenvalue weighted by molar-refractivity contribution is 6.38. The Morgan fingerprint density at radius 2 is 1.78 bits per heavy atom. The van der Waals surface area contributed by atoms with Crippen LogP contribution in [0.3, 0.4) is 0 Å². The molecule has 6 heteroatoms. The molecule has 0 atom stereocenters. The minimum atomic E-state index is -0.617. The molecule has 2 rings (SSSR count). The molecule has 1 aromatic heterocycles. The number of rotatable bonds is 0. The third-order valence-corrected chi connectivity index (χ3v) is 3.11. The van der Waals surface area contributed by atoms with Crippen LogP contribution in [0.1, 0.15) is 20.8 Å². The molecule has 0 amide bonds. The molecular formula is C12H12Cl2N2O2. The second-order valence-corrected chi connectivity index (χ2v) is 5.90. The molecule has 18 heavy (non-hydrogen) atoms. The maximum Gasteiger partial charge on any atom is 0.329 e. The number of aromatic amines is 1. The lowest BCUT2D eigenvalue weighted by molar-refractivity contribution is 0.369. The number of fused-ring (bicyclic) bond motifs is 1. The van der Waals surface area contributed by atoms with Gasteiger partial charge in [-0.2, -0.15) is 0 Å². The summed E-state index contributed by atoms with van der Waals surface area (Å²) in [6.07, 6.45) is 0. The van der Waals surface area contributed by atoms with Crippen LogP contribution < -0.4 is 11.2 Å². The van der Waals surface area contributed by atoms with Crippen LogP contribution in [-0.2, 0) is 5.54 Å². The molecule has 0 aliphatic rings. The highest BCUT2D eigenvalue weighted by Gasteiger charge is 2.20. The van der Waals surface area contributed by atoms with Gasteiger partial charge in [0.15, 0.2) is 0 Å². The van der Waals surface area contributed by atoms with E-state index in [1.54, 1.807) is 20.8 Å². The fraction of sp³-hybridized carbons (Fsp3) is 0.333. The summed E-state index contributed by atoms with van der Waals surface area (Å²) in [4.78, 5) is 26.9. The van der Waals surface area contributed by atoms with Crippen molar-refractivity contribution in [3.63, 3.8) is 0 Å². The van der Waals surface area contributed by atoms with Gasteiger partial charge in [0.05, 0.1) is 15.9 Å². The third kappa shape index (κ3) is 2.06. The van der Waals surface area contributed by atoms with Crippen molar-refractivity contribution in [2.24, 2.45) is 0 Å². The second kappa shape index (κ2) is 4.14. The summed E-state index contributed by atoms with van der Waals surface area (Å²) in [7, 11) is 0. The lowest BCUT2D eigenvalue weighted by Crippen LogP contribution is -2.44. The molecule has 0 bridgehead atoms. The number of nitrogens with one attached hydrogen (secondary N) is 1. The van der Waals surface area contributed by atoms with Gasteiger partial charge in [0, 0.05) is 10.6 Å². The van der Waals surface area contributed by atoms with Crippen molar-refractivity contribution in [1.82, 2.24) is 9.55 Å². The summed E-state index contributed by atoms with van der Waals surface area (Å²) in [6, 6.07) is 2.99. The lowest BCUT2D eigenvalue weighted by Gasteiger charge is -2.21. The molecule has 96 valence electrons. The van der Waals surface area contributed by atoms with E-state index < -0.39 is 16.8 Å². The molecule has 0 saturated carbocycles. The van der Waals surface area contributed by atoms with Gasteiger partial charge in [0.2, 0.25) is 0 Å². The van der Waals surface area contributed by atoms with Crippen LogP contribution in [0, 0.1) is 0 Å². The summed E-state index contributed by atoms with van der Waals surface area (Å²) < 4.78 is 1.15. The minimum Gasteiger partial charge on any atom is -0.305 e. The first-order chi connectivity index (χ1) is 8.21. The van der Waals surface area contributed by atoms with E-state index in [2.05, 4.69) is 4.98 Å². The van der Waals surface area contributed by atoms with Gasteiger partial charge >= 0.3 is 5.69 Å². The Bertz CT molecular complexity index is 739. The van der Waals surface area contributed by atoms with E-state index in [1.807, 2.05) is 0 Å². The highest BCUT2D eigenvalue weighted by atomic mass is 35.5. The predicted octanol–water partition coefficient (Wildman–Crippen LogP) is 2.75. The first kappa shape index (κ1) is 13.2. The number of halogens is 2. The summed E-state index contributed by atoms with van der Waals surface area (Å²) in [5.74, 6) is 0. The van der Waals surface area contributed by atoms with Crippen LogP contribution >= 0.6 is 23.2 Å². The molecule has 1 N–H and O–H groups in total. The number of hydrogen-bond donors (Lipinski definition) is 1. The molecule has 0 aliphatic carbocycles. The van der Waals surface area contributed by atoms with Crippen molar-refractivity contribution in [2.45, 2.75) is 26.3 Å². The van der Waals surface area contributed by atoms with Crippen LogP contribution in [0.5, 0.6) is 0 Å². The van der Waals surface area contributed by atoms with Crippen molar-refractivity contribution < 1.29 is 0 Å². The Balaban J connectivity index is 3.04. The molecule has 0 aliphatic heterocycles. The average Bonchev–Trinajstić information content (AvgIpc) is 2.18. The predicted molar refractivity (Wildman–Crippen MR) is 73.8 cm³/mol. The van der Waals surface area contributed by atoms with Crippen molar-refractivity contribution in [2.75, 3.05) is 0 Å². The van der Waals surface area contributed by atoms with Crippen LogP contribution in [0.15, 0.2) is 21.7 Å². The van der Waals surface area contributed by atoms with E-state index in [1.165, 1.54) is 12.1 Å². The number of nitrogens with zero attached hydrogens (tertiary/aromatic N) is 1. The number of H-pyrrole nitrogens is 1. The van der Waals surface area contributed by atoms with Crippen LogP contribution in [0.2, 0.25) is 10.0 Å². The van der Waals surface area contributed by atoms with Crippen molar-refractivity contribution >= 4 is 34.1 Å². The van der Waals surface area contributed by atoms with Gasteiger partial charge in [0.1, 0.15) is 0 Å². The first-order valence-electron chi connectivity index (χ1n) is 5.36. The summed E-state index contributed by atoms with van der Waals surface area (Å²) in [6.45, 7) is 5.34. The summed E-state index contributed by atoms with van der Waals surface area (Å²) in [5, 5.41) is 0.923. The molecule has 4 nitrogen and oxygen atoms in total. The molecule has 1 heterocycles. The summed E-state index contributed by atoms with van der Waals surface area (Å²) >= 11 is 11.8. The maximum absolute atomic E-state index is 12.3. The Kier molecular flexibility index (Phi) is 3.03. The fourth-order valence-electron chi connectivity index (χ4n) is 1.85. The monoisotopic (exact) mass is 286 g/mol. The second-order valence-electron chi connectivity index (χ2n) is 5.05. The smallest absolute Gasteiger partial charge is 0.305 e. The van der Waals surface area contributed by atoms with Gasteiger partial charge in [-0.25, -0.2) is 4.79 Å².